The van der Waals surface area contributed by atoms with Crippen molar-refractivity contribution in [2.24, 2.45) is 0 Å². The van der Waals surface area contributed by atoms with Crippen LogP contribution in [-0.4, -0.2) is 31.1 Å². The van der Waals surface area contributed by atoms with Crippen LogP contribution in [0.25, 0.3) is 0 Å². The summed E-state index contributed by atoms with van der Waals surface area (Å²) in [5, 5.41) is 4.31. The predicted molar refractivity (Wildman–Crippen MR) is 88.2 cm³/mol. The van der Waals surface area contributed by atoms with E-state index in [1.54, 1.807) is 0 Å². The van der Waals surface area contributed by atoms with E-state index in [2.05, 4.69) is 30.1 Å². The number of hydrogen-bond donors (Lipinski definition) is 1. The average Bonchev–Trinajstić information content (AvgIpc) is 2.35. The first kappa shape index (κ1) is 19.0. The molecule has 2 rings (SSSR count). The van der Waals surface area contributed by atoms with Crippen molar-refractivity contribution in [2.75, 3.05) is 26.2 Å². The summed E-state index contributed by atoms with van der Waals surface area (Å²) in [6, 6.07) is 6.66. The van der Waals surface area contributed by atoms with Crippen molar-refractivity contribution in [3.63, 3.8) is 0 Å². The summed E-state index contributed by atoms with van der Waals surface area (Å²) in [4.78, 5) is 2.55. The van der Waals surface area contributed by atoms with Gasteiger partial charge in [-0.1, -0.05) is 30.7 Å². The van der Waals surface area contributed by atoms with Gasteiger partial charge in [0.05, 0.1) is 0 Å². The molecule has 1 fully saturated rings. The lowest BCUT2D eigenvalue weighted by atomic mass is 9.97. The fourth-order valence-electron chi connectivity index (χ4n) is 2.71. The second kappa shape index (κ2) is 9.04. The van der Waals surface area contributed by atoms with Crippen LogP contribution in [0, 0.1) is 6.92 Å². The first-order valence-corrected chi connectivity index (χ1v) is 6.81. The summed E-state index contributed by atoms with van der Waals surface area (Å²) >= 11 is 6.38. The Labute approximate surface area is 133 Å². The molecule has 0 unspecified atom stereocenters. The van der Waals surface area contributed by atoms with Gasteiger partial charge in [-0.15, -0.1) is 24.8 Å². The standard InChI is InChI=1S/C14H21ClN2.2ClH/c1-3-13(17-9-7-16-8-10-17)14-11(2)5-4-6-12(14)15;;/h4-6,13,16H,3,7-10H2,1-2H3;2*1H/t13-;;/m0../s1. The van der Waals surface area contributed by atoms with Crippen molar-refractivity contribution in [1.29, 1.82) is 0 Å². The van der Waals surface area contributed by atoms with Gasteiger partial charge in [0.15, 0.2) is 0 Å². The van der Waals surface area contributed by atoms with Gasteiger partial charge in [-0.3, -0.25) is 4.90 Å². The predicted octanol–water partition coefficient (Wildman–Crippen LogP) is 3.85. The second-order valence-electron chi connectivity index (χ2n) is 4.68. The zero-order chi connectivity index (χ0) is 12.3. The average molecular weight is 326 g/mol. The van der Waals surface area contributed by atoms with Crippen molar-refractivity contribution in [2.45, 2.75) is 26.3 Å². The first-order chi connectivity index (χ1) is 8.24. The third kappa shape index (κ3) is 4.51. The van der Waals surface area contributed by atoms with Gasteiger partial charge in [-0.25, -0.2) is 0 Å². The normalized spacial score (nSPS) is 17.2. The number of piperazine rings is 1. The Kier molecular flexibility index (Phi) is 9.04. The Morgan fingerprint density at radius 2 is 1.89 bits per heavy atom. The monoisotopic (exact) mass is 324 g/mol. The molecule has 0 saturated carbocycles. The Morgan fingerprint density at radius 1 is 1.26 bits per heavy atom. The highest BCUT2D eigenvalue weighted by molar-refractivity contribution is 6.31. The smallest absolute Gasteiger partial charge is 0.0456 e. The van der Waals surface area contributed by atoms with Gasteiger partial charge in [0.25, 0.3) is 0 Å². The van der Waals surface area contributed by atoms with Crippen molar-refractivity contribution < 1.29 is 0 Å². The molecule has 0 amide bonds. The SMILES string of the molecule is CC[C@@H](c1c(C)cccc1Cl)N1CCNCC1.Cl.Cl. The van der Waals surface area contributed by atoms with Crippen molar-refractivity contribution in [3.05, 3.63) is 34.3 Å². The number of hydrogen-bond acceptors (Lipinski definition) is 2. The van der Waals surface area contributed by atoms with Crippen molar-refractivity contribution >= 4 is 36.4 Å². The van der Waals surface area contributed by atoms with E-state index < -0.39 is 0 Å². The molecule has 19 heavy (non-hydrogen) atoms. The zero-order valence-electron chi connectivity index (χ0n) is 11.5. The Morgan fingerprint density at radius 3 is 2.42 bits per heavy atom. The van der Waals surface area contributed by atoms with Crippen LogP contribution in [0.3, 0.4) is 0 Å². The van der Waals surface area contributed by atoms with E-state index in [4.69, 9.17) is 11.6 Å². The third-order valence-corrected chi connectivity index (χ3v) is 3.91. The molecule has 5 heteroatoms. The van der Waals surface area contributed by atoms with E-state index in [1.165, 1.54) is 11.1 Å². The molecule has 0 radical (unpaired) electrons. The third-order valence-electron chi connectivity index (χ3n) is 3.58. The summed E-state index contributed by atoms with van der Waals surface area (Å²) < 4.78 is 0. The summed E-state index contributed by atoms with van der Waals surface area (Å²) in [5.74, 6) is 0. The first-order valence-electron chi connectivity index (χ1n) is 6.43. The highest BCUT2D eigenvalue weighted by Gasteiger charge is 2.23. The summed E-state index contributed by atoms with van der Waals surface area (Å²) in [5.41, 5.74) is 2.63. The number of benzene rings is 1. The highest BCUT2D eigenvalue weighted by Crippen LogP contribution is 2.32. The quantitative estimate of drug-likeness (QED) is 0.908. The molecule has 1 aliphatic heterocycles. The van der Waals surface area contributed by atoms with Crippen LogP contribution in [0.1, 0.15) is 30.5 Å². The maximum atomic E-state index is 6.38. The molecule has 0 bridgehead atoms. The van der Waals surface area contributed by atoms with E-state index in [0.717, 1.165) is 37.6 Å². The number of halogens is 3. The summed E-state index contributed by atoms with van der Waals surface area (Å²) in [6.45, 7) is 8.80. The minimum absolute atomic E-state index is 0. The molecule has 0 aromatic heterocycles. The summed E-state index contributed by atoms with van der Waals surface area (Å²) in [6.07, 6.45) is 1.12. The van der Waals surface area contributed by atoms with Crippen LogP contribution in [0.4, 0.5) is 0 Å². The highest BCUT2D eigenvalue weighted by atomic mass is 35.5. The largest absolute Gasteiger partial charge is 0.314 e. The van der Waals surface area contributed by atoms with Crippen LogP contribution < -0.4 is 5.32 Å². The fraction of sp³-hybridized carbons (Fsp3) is 0.571. The number of nitrogens with one attached hydrogen (secondary N) is 1. The fourth-order valence-corrected chi connectivity index (χ4v) is 3.05. The Bertz CT molecular complexity index is 359. The Hall–Kier alpha value is 0.01000. The molecule has 1 aromatic carbocycles. The molecule has 1 atom stereocenters. The molecule has 1 saturated heterocycles. The molecule has 110 valence electrons. The number of rotatable bonds is 3. The second-order valence-corrected chi connectivity index (χ2v) is 5.09. The molecule has 1 heterocycles. The van der Waals surface area contributed by atoms with Gasteiger partial charge in [-0.2, -0.15) is 0 Å². The van der Waals surface area contributed by atoms with Gasteiger partial charge in [-0.05, 0) is 30.5 Å². The minimum atomic E-state index is 0. The lowest BCUT2D eigenvalue weighted by Crippen LogP contribution is -2.45. The van der Waals surface area contributed by atoms with E-state index in [1.807, 2.05) is 12.1 Å². The molecule has 1 aliphatic rings. The topological polar surface area (TPSA) is 15.3 Å². The lowest BCUT2D eigenvalue weighted by molar-refractivity contribution is 0.169. The van der Waals surface area contributed by atoms with Gasteiger partial charge >= 0.3 is 0 Å². The molecule has 2 nitrogen and oxygen atoms in total. The Balaban J connectivity index is 0.00000162. The lowest BCUT2D eigenvalue weighted by Gasteiger charge is -2.35. The molecular formula is C14H23Cl3N2. The van der Waals surface area contributed by atoms with E-state index in [-0.39, 0.29) is 24.8 Å². The van der Waals surface area contributed by atoms with Gasteiger partial charge < -0.3 is 5.32 Å². The summed E-state index contributed by atoms with van der Waals surface area (Å²) in [7, 11) is 0. The van der Waals surface area contributed by atoms with E-state index in [9.17, 15) is 0 Å². The van der Waals surface area contributed by atoms with Gasteiger partial charge in [0.2, 0.25) is 0 Å². The van der Waals surface area contributed by atoms with Crippen LogP contribution in [0.2, 0.25) is 5.02 Å². The van der Waals surface area contributed by atoms with E-state index in [0.29, 0.717) is 6.04 Å². The van der Waals surface area contributed by atoms with E-state index >= 15 is 0 Å². The molecule has 0 spiro atoms. The zero-order valence-corrected chi connectivity index (χ0v) is 13.9. The minimum Gasteiger partial charge on any atom is -0.314 e. The molecule has 0 aliphatic carbocycles. The maximum Gasteiger partial charge on any atom is 0.0456 e. The maximum absolute atomic E-state index is 6.38. The number of nitrogens with zero attached hydrogens (tertiary/aromatic N) is 1. The van der Waals surface area contributed by atoms with Crippen molar-refractivity contribution in [1.82, 2.24) is 10.2 Å². The van der Waals surface area contributed by atoms with Crippen LogP contribution in [0.5, 0.6) is 0 Å². The van der Waals surface area contributed by atoms with Gasteiger partial charge in [0.1, 0.15) is 0 Å². The molecule has 1 N–H and O–H groups in total. The van der Waals surface area contributed by atoms with Crippen LogP contribution in [-0.2, 0) is 0 Å². The number of aryl methyl sites for hydroxylation is 1. The van der Waals surface area contributed by atoms with Crippen LogP contribution in [0.15, 0.2) is 18.2 Å². The molecule has 1 aromatic rings. The molecular weight excluding hydrogens is 303 g/mol. The van der Waals surface area contributed by atoms with Crippen molar-refractivity contribution in [3.8, 4) is 0 Å². The van der Waals surface area contributed by atoms with Gasteiger partial charge in [0, 0.05) is 37.2 Å². The van der Waals surface area contributed by atoms with Crippen LogP contribution >= 0.6 is 36.4 Å².